The number of phenolic OH excluding ortho intramolecular Hbond substituents is 2. The molecule has 90 valence electrons. The summed E-state index contributed by atoms with van der Waals surface area (Å²) in [5, 5.41) is 21.0. The van der Waals surface area contributed by atoms with Gasteiger partial charge in [0.25, 0.3) is 0 Å². The second-order valence-corrected chi connectivity index (χ2v) is 4.20. The lowest BCUT2D eigenvalue weighted by Gasteiger charge is -2.06. The van der Waals surface area contributed by atoms with Gasteiger partial charge in [0.15, 0.2) is 11.3 Å². The van der Waals surface area contributed by atoms with Crippen LogP contribution in [0.1, 0.15) is 5.56 Å². The van der Waals surface area contributed by atoms with Crippen LogP contribution in [0.2, 0.25) is 0 Å². The highest BCUT2D eigenvalue weighted by Gasteiger charge is 2.14. The number of phenols is 2. The minimum Gasteiger partial charge on any atom is -0.504 e. The number of rotatable bonds is 0. The van der Waals surface area contributed by atoms with E-state index >= 15 is 0 Å². The van der Waals surface area contributed by atoms with Crippen molar-refractivity contribution >= 4 is 21.7 Å². The third-order valence-electron chi connectivity index (χ3n) is 3.07. The normalized spacial score (nSPS) is 11.2. The largest absolute Gasteiger partial charge is 0.504 e. The maximum absolute atomic E-state index is 11.9. The summed E-state index contributed by atoms with van der Waals surface area (Å²) >= 11 is 0. The van der Waals surface area contributed by atoms with Crippen LogP contribution in [-0.2, 0) is 0 Å². The molecule has 4 nitrogen and oxygen atoms in total. The van der Waals surface area contributed by atoms with Crippen LogP contribution in [0.15, 0.2) is 39.5 Å². The third kappa shape index (κ3) is 1.29. The Kier molecular flexibility index (Phi) is 2.07. The molecule has 0 bridgehead atoms. The summed E-state index contributed by atoms with van der Waals surface area (Å²) in [6, 6.07) is 8.44. The average Bonchev–Trinajstić information content (AvgIpc) is 2.34. The molecule has 0 amide bonds. The van der Waals surface area contributed by atoms with E-state index in [0.717, 1.165) is 5.56 Å². The van der Waals surface area contributed by atoms with Gasteiger partial charge in [-0.2, -0.15) is 0 Å². The van der Waals surface area contributed by atoms with Crippen molar-refractivity contribution in [3.63, 3.8) is 0 Å². The van der Waals surface area contributed by atoms with Crippen LogP contribution >= 0.6 is 0 Å². The van der Waals surface area contributed by atoms with Crippen molar-refractivity contribution in [3.8, 4) is 11.5 Å². The molecule has 4 heteroatoms. The quantitative estimate of drug-likeness (QED) is 0.361. The fraction of sp³-hybridized carbons (Fsp3) is 0.0714. The lowest BCUT2D eigenvalue weighted by atomic mass is 10.0. The van der Waals surface area contributed by atoms with E-state index in [2.05, 4.69) is 0 Å². The van der Waals surface area contributed by atoms with Crippen LogP contribution in [0.25, 0.3) is 21.7 Å². The number of benzene rings is 2. The van der Waals surface area contributed by atoms with E-state index in [9.17, 15) is 15.0 Å². The highest BCUT2D eigenvalue weighted by Crippen LogP contribution is 2.35. The number of hydrogen-bond donors (Lipinski definition) is 2. The minimum atomic E-state index is -0.517. The van der Waals surface area contributed by atoms with Gasteiger partial charge >= 0.3 is 5.63 Å². The van der Waals surface area contributed by atoms with Crippen molar-refractivity contribution < 1.29 is 14.6 Å². The average molecular weight is 242 g/mol. The van der Waals surface area contributed by atoms with E-state index in [1.807, 2.05) is 19.1 Å². The van der Waals surface area contributed by atoms with Gasteiger partial charge in [0, 0.05) is 10.8 Å². The lowest BCUT2D eigenvalue weighted by Crippen LogP contribution is -2.01. The van der Waals surface area contributed by atoms with Gasteiger partial charge in [-0.05, 0) is 24.6 Å². The van der Waals surface area contributed by atoms with Gasteiger partial charge in [0.05, 0.1) is 5.39 Å². The Morgan fingerprint density at radius 1 is 1.06 bits per heavy atom. The summed E-state index contributed by atoms with van der Waals surface area (Å²) in [6.45, 7) is 1.82. The van der Waals surface area contributed by atoms with E-state index in [0.29, 0.717) is 16.2 Å². The topological polar surface area (TPSA) is 70.7 Å². The van der Waals surface area contributed by atoms with Crippen LogP contribution in [0.3, 0.4) is 0 Å². The number of aromatic hydroxyl groups is 2. The van der Waals surface area contributed by atoms with E-state index in [1.54, 1.807) is 12.1 Å². The van der Waals surface area contributed by atoms with Gasteiger partial charge in [0.1, 0.15) is 0 Å². The van der Waals surface area contributed by atoms with Gasteiger partial charge in [-0.15, -0.1) is 0 Å². The molecule has 0 aliphatic rings. The van der Waals surface area contributed by atoms with Gasteiger partial charge in [-0.25, -0.2) is 4.79 Å². The maximum Gasteiger partial charge on any atom is 0.344 e. The second-order valence-electron chi connectivity index (χ2n) is 4.20. The predicted octanol–water partition coefficient (Wildman–Crippen LogP) is 2.67. The molecule has 0 unspecified atom stereocenters. The van der Waals surface area contributed by atoms with Crippen LogP contribution in [-0.4, -0.2) is 10.2 Å². The van der Waals surface area contributed by atoms with Gasteiger partial charge < -0.3 is 14.6 Å². The van der Waals surface area contributed by atoms with Crippen molar-refractivity contribution in [2.24, 2.45) is 0 Å². The standard InChI is InChI=1S/C14H10O4/c1-7-3-2-4-8-9-5-6-10(15)12(16)13(9)18-14(17)11(7)8/h2-6,15-16H,1H3. The van der Waals surface area contributed by atoms with E-state index in [-0.39, 0.29) is 11.3 Å². The summed E-state index contributed by atoms with van der Waals surface area (Å²) in [5.41, 5.74) is 0.310. The van der Waals surface area contributed by atoms with Crippen molar-refractivity contribution in [1.29, 1.82) is 0 Å². The van der Waals surface area contributed by atoms with Crippen molar-refractivity contribution in [3.05, 3.63) is 46.3 Å². The Hall–Kier alpha value is -2.49. The minimum absolute atomic E-state index is 0.0121. The molecule has 2 N–H and O–H groups in total. The molecule has 0 radical (unpaired) electrons. The Bertz CT molecular complexity index is 830. The molecule has 0 fully saturated rings. The molecule has 0 atom stereocenters. The molecule has 1 aromatic heterocycles. The molecule has 3 aromatic rings. The highest BCUT2D eigenvalue weighted by atomic mass is 16.4. The molecular formula is C14H10O4. The monoisotopic (exact) mass is 242 g/mol. The molecule has 0 spiro atoms. The first kappa shape index (κ1) is 10.7. The fourth-order valence-electron chi connectivity index (χ4n) is 2.18. The van der Waals surface area contributed by atoms with E-state index in [1.165, 1.54) is 6.07 Å². The molecule has 0 aliphatic carbocycles. The van der Waals surface area contributed by atoms with Crippen LogP contribution in [0, 0.1) is 6.92 Å². The van der Waals surface area contributed by atoms with Crippen molar-refractivity contribution in [1.82, 2.24) is 0 Å². The Labute approximate surface area is 102 Å². The van der Waals surface area contributed by atoms with E-state index in [4.69, 9.17) is 4.42 Å². The molecule has 1 heterocycles. The second kappa shape index (κ2) is 3.50. The summed E-state index contributed by atoms with van der Waals surface area (Å²) in [7, 11) is 0. The van der Waals surface area contributed by atoms with Crippen molar-refractivity contribution in [2.45, 2.75) is 6.92 Å². The Balaban J connectivity index is 2.68. The SMILES string of the molecule is Cc1cccc2c1c(=O)oc1c(O)c(O)ccc12. The van der Waals surface area contributed by atoms with Crippen LogP contribution in [0.5, 0.6) is 11.5 Å². The number of aryl methyl sites for hydroxylation is 1. The van der Waals surface area contributed by atoms with Gasteiger partial charge in [-0.1, -0.05) is 18.2 Å². The molecule has 0 saturated heterocycles. The lowest BCUT2D eigenvalue weighted by molar-refractivity contribution is 0.398. The molecule has 2 aromatic carbocycles. The molecule has 0 saturated carbocycles. The first-order chi connectivity index (χ1) is 8.59. The zero-order valence-corrected chi connectivity index (χ0v) is 9.60. The number of hydrogen-bond acceptors (Lipinski definition) is 4. The Morgan fingerprint density at radius 2 is 1.83 bits per heavy atom. The zero-order valence-electron chi connectivity index (χ0n) is 9.60. The first-order valence-electron chi connectivity index (χ1n) is 5.46. The summed E-state index contributed by atoms with van der Waals surface area (Å²) in [4.78, 5) is 11.9. The smallest absolute Gasteiger partial charge is 0.344 e. The summed E-state index contributed by atoms with van der Waals surface area (Å²) in [5.74, 6) is -0.717. The van der Waals surface area contributed by atoms with Crippen LogP contribution < -0.4 is 5.63 Å². The summed E-state index contributed by atoms with van der Waals surface area (Å²) in [6.07, 6.45) is 0. The molecule has 0 aliphatic heterocycles. The maximum atomic E-state index is 11.9. The number of fused-ring (bicyclic) bond motifs is 3. The fourth-order valence-corrected chi connectivity index (χ4v) is 2.18. The molecule has 18 heavy (non-hydrogen) atoms. The van der Waals surface area contributed by atoms with Crippen LogP contribution in [0.4, 0.5) is 0 Å². The van der Waals surface area contributed by atoms with Crippen molar-refractivity contribution in [2.75, 3.05) is 0 Å². The highest BCUT2D eigenvalue weighted by molar-refractivity contribution is 6.07. The first-order valence-corrected chi connectivity index (χ1v) is 5.46. The Morgan fingerprint density at radius 3 is 2.61 bits per heavy atom. The zero-order chi connectivity index (χ0) is 12.9. The predicted molar refractivity (Wildman–Crippen MR) is 68.1 cm³/mol. The molecular weight excluding hydrogens is 232 g/mol. The van der Waals surface area contributed by atoms with Gasteiger partial charge in [0.2, 0.25) is 5.75 Å². The van der Waals surface area contributed by atoms with Gasteiger partial charge in [-0.3, -0.25) is 0 Å². The third-order valence-corrected chi connectivity index (χ3v) is 3.07. The summed E-state index contributed by atoms with van der Waals surface area (Å²) < 4.78 is 5.10. The van der Waals surface area contributed by atoms with E-state index < -0.39 is 11.4 Å². The molecule has 3 rings (SSSR count).